The van der Waals surface area contributed by atoms with Crippen LogP contribution in [0.3, 0.4) is 0 Å². The van der Waals surface area contributed by atoms with Crippen molar-refractivity contribution in [1.82, 2.24) is 5.32 Å². The first-order valence-corrected chi connectivity index (χ1v) is 6.09. The van der Waals surface area contributed by atoms with E-state index in [1.54, 1.807) is 0 Å². The number of rotatable bonds is 5. The van der Waals surface area contributed by atoms with Crippen molar-refractivity contribution in [2.24, 2.45) is 11.8 Å². The molecule has 2 rings (SSSR count). The molecule has 0 aliphatic heterocycles. The van der Waals surface area contributed by atoms with E-state index in [1.807, 2.05) is 18.2 Å². The largest absolute Gasteiger partial charge is 0.312 e. The highest BCUT2D eigenvalue weighted by atomic mass is 35.5. The number of hydrogen-bond acceptors (Lipinski definition) is 1. The molecule has 1 fully saturated rings. The first kappa shape index (κ1) is 11.0. The Morgan fingerprint density at radius 3 is 2.80 bits per heavy atom. The quantitative estimate of drug-likeness (QED) is 0.806. The summed E-state index contributed by atoms with van der Waals surface area (Å²) in [4.78, 5) is 0. The summed E-state index contributed by atoms with van der Waals surface area (Å²) in [6.45, 7) is 4.32. The predicted molar refractivity (Wildman–Crippen MR) is 65.0 cm³/mol. The van der Waals surface area contributed by atoms with Crippen molar-refractivity contribution in [1.29, 1.82) is 0 Å². The molecule has 15 heavy (non-hydrogen) atoms. The lowest BCUT2D eigenvalue weighted by Crippen LogP contribution is -2.21. The van der Waals surface area contributed by atoms with Crippen LogP contribution >= 0.6 is 11.6 Å². The number of halogens is 1. The zero-order valence-corrected chi connectivity index (χ0v) is 9.93. The fraction of sp³-hybridized carbons (Fsp3) is 0.538. The van der Waals surface area contributed by atoms with Crippen LogP contribution in [0.1, 0.15) is 25.3 Å². The van der Waals surface area contributed by atoms with Gasteiger partial charge in [0.25, 0.3) is 0 Å². The summed E-state index contributed by atoms with van der Waals surface area (Å²) in [7, 11) is 0. The van der Waals surface area contributed by atoms with Crippen LogP contribution in [0.15, 0.2) is 24.3 Å². The zero-order chi connectivity index (χ0) is 10.7. The molecular formula is C13H18ClN. The van der Waals surface area contributed by atoms with Crippen LogP contribution in [-0.2, 0) is 6.54 Å². The maximum atomic E-state index is 6.07. The zero-order valence-electron chi connectivity index (χ0n) is 9.17. The lowest BCUT2D eigenvalue weighted by atomic mass is 10.1. The summed E-state index contributed by atoms with van der Waals surface area (Å²) in [5.41, 5.74) is 1.20. The molecule has 0 saturated heterocycles. The van der Waals surface area contributed by atoms with Gasteiger partial charge in [-0.1, -0.05) is 36.7 Å². The summed E-state index contributed by atoms with van der Waals surface area (Å²) in [6.07, 6.45) is 2.85. The van der Waals surface area contributed by atoms with E-state index in [1.165, 1.54) is 18.4 Å². The van der Waals surface area contributed by atoms with Crippen molar-refractivity contribution in [3.05, 3.63) is 34.9 Å². The van der Waals surface area contributed by atoms with Crippen molar-refractivity contribution < 1.29 is 0 Å². The molecule has 0 radical (unpaired) electrons. The molecule has 82 valence electrons. The van der Waals surface area contributed by atoms with E-state index < -0.39 is 0 Å². The Morgan fingerprint density at radius 1 is 1.40 bits per heavy atom. The van der Waals surface area contributed by atoms with E-state index in [0.717, 1.165) is 29.9 Å². The minimum Gasteiger partial charge on any atom is -0.312 e. The maximum absolute atomic E-state index is 6.07. The van der Waals surface area contributed by atoms with Gasteiger partial charge in [0, 0.05) is 11.6 Å². The van der Waals surface area contributed by atoms with Gasteiger partial charge in [-0.3, -0.25) is 0 Å². The Labute approximate surface area is 96.8 Å². The first-order valence-electron chi connectivity index (χ1n) is 5.71. The van der Waals surface area contributed by atoms with E-state index in [2.05, 4.69) is 18.3 Å². The van der Waals surface area contributed by atoms with Crippen LogP contribution in [0.25, 0.3) is 0 Å². The lowest BCUT2D eigenvalue weighted by Gasteiger charge is -2.11. The molecule has 1 aromatic carbocycles. The molecule has 1 N–H and O–H groups in total. The summed E-state index contributed by atoms with van der Waals surface area (Å²) in [6, 6.07) is 8.03. The molecular weight excluding hydrogens is 206 g/mol. The molecule has 0 spiro atoms. The average molecular weight is 224 g/mol. The standard InChI is InChI=1S/C13H18ClN/c1-10(11-6-7-11)8-15-9-12-4-2-3-5-13(12)14/h2-5,10-11,15H,6-9H2,1H3. The number of benzene rings is 1. The van der Waals surface area contributed by atoms with E-state index in [9.17, 15) is 0 Å². The van der Waals surface area contributed by atoms with Gasteiger partial charge < -0.3 is 5.32 Å². The Bertz CT molecular complexity index is 320. The SMILES string of the molecule is CC(CNCc1ccccc1Cl)C1CC1. The molecule has 1 saturated carbocycles. The van der Waals surface area contributed by atoms with Crippen LogP contribution in [0, 0.1) is 11.8 Å². The molecule has 0 aromatic heterocycles. The highest BCUT2D eigenvalue weighted by Gasteiger charge is 2.27. The molecule has 1 aromatic rings. The van der Waals surface area contributed by atoms with Crippen molar-refractivity contribution in [2.75, 3.05) is 6.54 Å². The molecule has 0 heterocycles. The van der Waals surface area contributed by atoms with E-state index in [0.29, 0.717) is 0 Å². The number of nitrogens with one attached hydrogen (secondary N) is 1. The van der Waals surface area contributed by atoms with Crippen LogP contribution < -0.4 is 5.32 Å². The van der Waals surface area contributed by atoms with Gasteiger partial charge in [-0.15, -0.1) is 0 Å². The third-order valence-corrected chi connectivity index (χ3v) is 3.54. The normalized spacial score (nSPS) is 17.7. The minimum atomic E-state index is 0.812. The molecule has 1 nitrogen and oxygen atoms in total. The fourth-order valence-electron chi connectivity index (χ4n) is 1.91. The summed E-state index contributed by atoms with van der Waals surface area (Å²) < 4.78 is 0. The van der Waals surface area contributed by atoms with E-state index in [-0.39, 0.29) is 0 Å². The molecule has 1 atom stereocenters. The molecule has 1 unspecified atom stereocenters. The van der Waals surface area contributed by atoms with E-state index in [4.69, 9.17) is 11.6 Å². The van der Waals surface area contributed by atoms with Gasteiger partial charge in [0.15, 0.2) is 0 Å². The predicted octanol–water partition coefficient (Wildman–Crippen LogP) is 3.48. The molecule has 1 aliphatic carbocycles. The van der Waals surface area contributed by atoms with Crippen molar-refractivity contribution in [3.63, 3.8) is 0 Å². The van der Waals surface area contributed by atoms with Crippen LogP contribution in [0.2, 0.25) is 5.02 Å². The Balaban J connectivity index is 1.75. The Morgan fingerprint density at radius 2 is 2.13 bits per heavy atom. The minimum absolute atomic E-state index is 0.812. The topological polar surface area (TPSA) is 12.0 Å². The van der Waals surface area contributed by atoms with Gasteiger partial charge in [-0.25, -0.2) is 0 Å². The van der Waals surface area contributed by atoms with E-state index >= 15 is 0 Å². The van der Waals surface area contributed by atoms with Crippen LogP contribution in [-0.4, -0.2) is 6.54 Å². The second kappa shape index (κ2) is 5.00. The Hall–Kier alpha value is -0.530. The molecule has 0 amide bonds. The summed E-state index contributed by atoms with van der Waals surface area (Å²) in [5, 5.41) is 4.34. The molecule has 0 bridgehead atoms. The van der Waals surface area contributed by atoms with Crippen molar-refractivity contribution >= 4 is 11.6 Å². The van der Waals surface area contributed by atoms with Gasteiger partial charge in [0.2, 0.25) is 0 Å². The van der Waals surface area contributed by atoms with Gasteiger partial charge in [-0.2, -0.15) is 0 Å². The maximum Gasteiger partial charge on any atom is 0.0450 e. The van der Waals surface area contributed by atoms with Crippen molar-refractivity contribution in [2.45, 2.75) is 26.3 Å². The summed E-state index contributed by atoms with van der Waals surface area (Å²) in [5.74, 6) is 1.79. The van der Waals surface area contributed by atoms with Gasteiger partial charge in [0.1, 0.15) is 0 Å². The third-order valence-electron chi connectivity index (χ3n) is 3.17. The average Bonchev–Trinajstić information content (AvgIpc) is 3.04. The van der Waals surface area contributed by atoms with Crippen LogP contribution in [0.5, 0.6) is 0 Å². The third kappa shape index (κ3) is 3.22. The lowest BCUT2D eigenvalue weighted by molar-refractivity contribution is 0.461. The second-order valence-corrected chi connectivity index (χ2v) is 4.94. The first-order chi connectivity index (χ1) is 7.27. The summed E-state index contributed by atoms with van der Waals surface area (Å²) >= 11 is 6.07. The monoisotopic (exact) mass is 223 g/mol. The highest BCUT2D eigenvalue weighted by Crippen LogP contribution is 2.36. The smallest absolute Gasteiger partial charge is 0.0450 e. The second-order valence-electron chi connectivity index (χ2n) is 4.54. The van der Waals surface area contributed by atoms with Gasteiger partial charge in [0.05, 0.1) is 0 Å². The number of hydrogen-bond donors (Lipinski definition) is 1. The Kier molecular flexibility index (Phi) is 3.66. The molecule has 2 heteroatoms. The molecule has 1 aliphatic rings. The van der Waals surface area contributed by atoms with Crippen molar-refractivity contribution in [3.8, 4) is 0 Å². The van der Waals surface area contributed by atoms with Gasteiger partial charge in [-0.05, 0) is 42.9 Å². The van der Waals surface area contributed by atoms with Crippen LogP contribution in [0.4, 0.5) is 0 Å². The highest BCUT2D eigenvalue weighted by molar-refractivity contribution is 6.31. The van der Waals surface area contributed by atoms with Gasteiger partial charge >= 0.3 is 0 Å². The fourth-order valence-corrected chi connectivity index (χ4v) is 2.11.